The zero-order valence-electron chi connectivity index (χ0n) is 8.16. The Morgan fingerprint density at radius 3 is 3.13 bits per heavy atom. The molecule has 15 heavy (non-hydrogen) atoms. The van der Waals surface area contributed by atoms with Crippen LogP contribution in [0.4, 0.5) is 0 Å². The summed E-state index contributed by atoms with van der Waals surface area (Å²) in [6, 6.07) is 3.58. The largest absolute Gasteiger partial charge is 0.349 e. The van der Waals surface area contributed by atoms with Crippen molar-refractivity contribution in [3.8, 4) is 0 Å². The second kappa shape index (κ2) is 4.44. The van der Waals surface area contributed by atoms with Crippen molar-refractivity contribution in [3.05, 3.63) is 22.4 Å². The quantitative estimate of drug-likeness (QED) is 0.791. The smallest absolute Gasteiger partial charge is 0.242 e. The molecule has 80 valence electrons. The Bertz CT molecular complexity index is 362. The minimum Gasteiger partial charge on any atom is -0.349 e. The lowest BCUT2D eigenvalue weighted by atomic mass is 10.2. The van der Waals surface area contributed by atoms with Gasteiger partial charge in [-0.2, -0.15) is 0 Å². The van der Waals surface area contributed by atoms with E-state index in [1.165, 1.54) is 0 Å². The Kier molecular flexibility index (Phi) is 3.01. The molecular formula is C10H12N2O2S. The van der Waals surface area contributed by atoms with E-state index < -0.39 is 0 Å². The third kappa shape index (κ3) is 2.56. The molecule has 0 radical (unpaired) electrons. The first-order valence-electron chi connectivity index (χ1n) is 4.85. The fourth-order valence-electron chi connectivity index (χ4n) is 1.52. The van der Waals surface area contributed by atoms with Gasteiger partial charge in [0.25, 0.3) is 0 Å². The SMILES string of the molecule is O=C1CCC(C(=O)NCc2cccs2)N1. The number of hydrogen-bond acceptors (Lipinski definition) is 3. The summed E-state index contributed by atoms with van der Waals surface area (Å²) in [5, 5.41) is 7.41. The summed E-state index contributed by atoms with van der Waals surface area (Å²) < 4.78 is 0. The van der Waals surface area contributed by atoms with Crippen LogP contribution in [0, 0.1) is 0 Å². The van der Waals surface area contributed by atoms with Gasteiger partial charge < -0.3 is 10.6 Å². The maximum atomic E-state index is 11.6. The molecule has 0 aromatic carbocycles. The van der Waals surface area contributed by atoms with E-state index >= 15 is 0 Å². The van der Waals surface area contributed by atoms with Crippen molar-refractivity contribution in [1.82, 2.24) is 10.6 Å². The summed E-state index contributed by atoms with van der Waals surface area (Å²) in [7, 11) is 0. The number of thiophene rings is 1. The van der Waals surface area contributed by atoms with Gasteiger partial charge in [-0.15, -0.1) is 11.3 Å². The molecule has 0 saturated carbocycles. The van der Waals surface area contributed by atoms with Gasteiger partial charge in [0.2, 0.25) is 11.8 Å². The topological polar surface area (TPSA) is 58.2 Å². The van der Waals surface area contributed by atoms with Crippen molar-refractivity contribution in [2.75, 3.05) is 0 Å². The van der Waals surface area contributed by atoms with Crippen LogP contribution in [0.2, 0.25) is 0 Å². The van der Waals surface area contributed by atoms with E-state index in [-0.39, 0.29) is 17.9 Å². The van der Waals surface area contributed by atoms with Crippen LogP contribution in [0.15, 0.2) is 17.5 Å². The van der Waals surface area contributed by atoms with E-state index in [0.29, 0.717) is 19.4 Å². The summed E-state index contributed by atoms with van der Waals surface area (Å²) in [5.74, 6) is -0.125. The van der Waals surface area contributed by atoms with E-state index in [4.69, 9.17) is 0 Å². The minimum atomic E-state index is -0.336. The predicted molar refractivity (Wildman–Crippen MR) is 57.3 cm³/mol. The standard InChI is InChI=1S/C10H12N2O2S/c13-9-4-3-8(12-9)10(14)11-6-7-2-1-5-15-7/h1-2,5,8H,3-4,6H2,(H,11,14)(H,12,13). The third-order valence-electron chi connectivity index (χ3n) is 2.33. The number of nitrogens with one attached hydrogen (secondary N) is 2. The molecule has 5 heteroatoms. The molecule has 2 rings (SSSR count). The highest BCUT2D eigenvalue weighted by atomic mass is 32.1. The predicted octanol–water partition coefficient (Wildman–Crippen LogP) is 0.643. The first-order valence-corrected chi connectivity index (χ1v) is 5.73. The van der Waals surface area contributed by atoms with E-state index in [1.54, 1.807) is 11.3 Å². The van der Waals surface area contributed by atoms with Crippen LogP contribution in [0.3, 0.4) is 0 Å². The molecule has 2 heterocycles. The zero-order valence-corrected chi connectivity index (χ0v) is 8.97. The van der Waals surface area contributed by atoms with Gasteiger partial charge in [0.15, 0.2) is 0 Å². The van der Waals surface area contributed by atoms with Crippen molar-refractivity contribution in [3.63, 3.8) is 0 Å². The molecule has 4 nitrogen and oxygen atoms in total. The van der Waals surface area contributed by atoms with Gasteiger partial charge in [-0.25, -0.2) is 0 Å². The molecule has 1 aliphatic rings. The number of carbonyl (C=O) groups is 2. The lowest BCUT2D eigenvalue weighted by Crippen LogP contribution is -2.41. The molecule has 2 amide bonds. The molecule has 0 bridgehead atoms. The van der Waals surface area contributed by atoms with Gasteiger partial charge in [0, 0.05) is 11.3 Å². The minimum absolute atomic E-state index is 0.0359. The first-order chi connectivity index (χ1) is 7.25. The van der Waals surface area contributed by atoms with E-state index in [1.807, 2.05) is 17.5 Å². The summed E-state index contributed by atoms with van der Waals surface area (Å²) in [4.78, 5) is 23.6. The van der Waals surface area contributed by atoms with E-state index in [9.17, 15) is 9.59 Å². The molecule has 1 fully saturated rings. The maximum Gasteiger partial charge on any atom is 0.242 e. The summed E-state index contributed by atoms with van der Waals surface area (Å²) in [5.41, 5.74) is 0. The van der Waals surface area contributed by atoms with Gasteiger partial charge in [-0.1, -0.05) is 6.07 Å². The Labute approximate surface area is 91.7 Å². The molecule has 1 atom stereocenters. The van der Waals surface area contributed by atoms with Crippen molar-refractivity contribution in [1.29, 1.82) is 0 Å². The molecule has 1 unspecified atom stereocenters. The molecule has 0 aliphatic carbocycles. The molecule has 1 saturated heterocycles. The lowest BCUT2D eigenvalue weighted by Gasteiger charge is -2.09. The van der Waals surface area contributed by atoms with Gasteiger partial charge in [0.1, 0.15) is 6.04 Å². The molecule has 2 N–H and O–H groups in total. The van der Waals surface area contributed by atoms with Crippen LogP contribution in [-0.2, 0) is 16.1 Å². The van der Waals surface area contributed by atoms with E-state index in [2.05, 4.69) is 10.6 Å². The van der Waals surface area contributed by atoms with Crippen LogP contribution in [0.1, 0.15) is 17.7 Å². The van der Waals surface area contributed by atoms with E-state index in [0.717, 1.165) is 4.88 Å². The Morgan fingerprint density at radius 2 is 2.53 bits per heavy atom. The molecular weight excluding hydrogens is 212 g/mol. The summed E-state index contributed by atoms with van der Waals surface area (Å²) in [6.07, 6.45) is 1.06. The molecule has 1 aromatic heterocycles. The maximum absolute atomic E-state index is 11.6. The summed E-state index contributed by atoms with van der Waals surface area (Å²) >= 11 is 1.61. The Morgan fingerprint density at radius 1 is 1.67 bits per heavy atom. The molecule has 1 aromatic rings. The lowest BCUT2D eigenvalue weighted by molar-refractivity contribution is -0.125. The molecule has 1 aliphatic heterocycles. The number of carbonyl (C=O) groups excluding carboxylic acids is 2. The van der Waals surface area contributed by atoms with Crippen molar-refractivity contribution in [2.45, 2.75) is 25.4 Å². The summed E-state index contributed by atoms with van der Waals surface area (Å²) in [6.45, 7) is 0.545. The average Bonchev–Trinajstić information content (AvgIpc) is 2.84. The highest BCUT2D eigenvalue weighted by Gasteiger charge is 2.26. The Hall–Kier alpha value is -1.36. The van der Waals surface area contributed by atoms with Crippen molar-refractivity contribution < 1.29 is 9.59 Å². The Balaban J connectivity index is 1.80. The monoisotopic (exact) mass is 224 g/mol. The average molecular weight is 224 g/mol. The van der Waals surface area contributed by atoms with Crippen LogP contribution in [-0.4, -0.2) is 17.9 Å². The second-order valence-corrected chi connectivity index (χ2v) is 4.49. The third-order valence-corrected chi connectivity index (χ3v) is 3.21. The fourth-order valence-corrected chi connectivity index (χ4v) is 2.17. The fraction of sp³-hybridized carbons (Fsp3) is 0.400. The second-order valence-electron chi connectivity index (χ2n) is 3.46. The van der Waals surface area contributed by atoms with Gasteiger partial charge in [-0.05, 0) is 17.9 Å². The highest BCUT2D eigenvalue weighted by molar-refractivity contribution is 7.09. The molecule has 0 spiro atoms. The normalized spacial score (nSPS) is 20.0. The first kappa shape index (κ1) is 10.2. The number of amides is 2. The highest BCUT2D eigenvalue weighted by Crippen LogP contribution is 2.09. The number of hydrogen-bond donors (Lipinski definition) is 2. The van der Waals surface area contributed by atoms with Crippen LogP contribution in [0.5, 0.6) is 0 Å². The van der Waals surface area contributed by atoms with Crippen LogP contribution in [0.25, 0.3) is 0 Å². The van der Waals surface area contributed by atoms with Crippen LogP contribution >= 0.6 is 11.3 Å². The number of rotatable bonds is 3. The van der Waals surface area contributed by atoms with Crippen LogP contribution < -0.4 is 10.6 Å². The van der Waals surface area contributed by atoms with Gasteiger partial charge >= 0.3 is 0 Å². The van der Waals surface area contributed by atoms with Crippen molar-refractivity contribution >= 4 is 23.2 Å². The van der Waals surface area contributed by atoms with Gasteiger partial charge in [0.05, 0.1) is 6.54 Å². The van der Waals surface area contributed by atoms with Crippen molar-refractivity contribution in [2.24, 2.45) is 0 Å². The van der Waals surface area contributed by atoms with Gasteiger partial charge in [-0.3, -0.25) is 9.59 Å². The zero-order chi connectivity index (χ0) is 10.7.